The van der Waals surface area contributed by atoms with E-state index >= 15 is 0 Å². The zero-order chi connectivity index (χ0) is 12.1. The first-order valence-electron chi connectivity index (χ1n) is 5.43. The summed E-state index contributed by atoms with van der Waals surface area (Å²) in [6, 6.07) is 6.14. The van der Waals surface area contributed by atoms with Crippen LogP contribution < -0.4 is 4.90 Å². The Hall–Kier alpha value is -0.830. The van der Waals surface area contributed by atoms with Crippen LogP contribution in [0.15, 0.2) is 22.7 Å². The lowest BCUT2D eigenvalue weighted by atomic mass is 9.79. The number of fused-ring (bicyclic) bond motifs is 1. The van der Waals surface area contributed by atoms with Gasteiger partial charge in [-0.25, -0.2) is 0 Å². The SMILES string of the molecule is CC1C(=O)C(C)(C)N(C)c2ccc(Br)cc21. The van der Waals surface area contributed by atoms with Crippen molar-refractivity contribution in [1.82, 2.24) is 0 Å². The van der Waals surface area contributed by atoms with Gasteiger partial charge in [-0.2, -0.15) is 0 Å². The van der Waals surface area contributed by atoms with Crippen molar-refractivity contribution >= 4 is 27.4 Å². The van der Waals surface area contributed by atoms with E-state index in [-0.39, 0.29) is 11.7 Å². The Morgan fingerprint density at radius 2 is 2.00 bits per heavy atom. The zero-order valence-electron chi connectivity index (χ0n) is 10.0. The first kappa shape index (κ1) is 11.6. The molecule has 86 valence electrons. The molecule has 2 nitrogen and oxygen atoms in total. The fraction of sp³-hybridized carbons (Fsp3) is 0.462. The van der Waals surface area contributed by atoms with Gasteiger partial charge in [0.15, 0.2) is 5.78 Å². The molecule has 0 saturated carbocycles. The van der Waals surface area contributed by atoms with Gasteiger partial charge >= 0.3 is 0 Å². The largest absolute Gasteiger partial charge is 0.362 e. The Morgan fingerprint density at radius 1 is 1.38 bits per heavy atom. The molecule has 1 atom stereocenters. The van der Waals surface area contributed by atoms with Gasteiger partial charge in [0.2, 0.25) is 0 Å². The highest BCUT2D eigenvalue weighted by Gasteiger charge is 2.41. The van der Waals surface area contributed by atoms with Crippen LogP contribution in [0, 0.1) is 0 Å². The minimum atomic E-state index is -0.416. The smallest absolute Gasteiger partial charge is 0.164 e. The van der Waals surface area contributed by atoms with E-state index in [0.717, 1.165) is 15.7 Å². The number of anilines is 1. The number of benzene rings is 1. The Bertz CT molecular complexity index is 453. The quantitative estimate of drug-likeness (QED) is 0.727. The minimum Gasteiger partial charge on any atom is -0.362 e. The summed E-state index contributed by atoms with van der Waals surface area (Å²) < 4.78 is 1.03. The molecule has 0 fully saturated rings. The number of rotatable bonds is 0. The van der Waals surface area contributed by atoms with Crippen LogP contribution in [0.25, 0.3) is 0 Å². The number of likely N-dealkylation sites (N-methyl/N-ethyl adjacent to an activating group) is 1. The predicted octanol–water partition coefficient (Wildman–Crippen LogP) is 3.35. The molecule has 0 aliphatic carbocycles. The van der Waals surface area contributed by atoms with E-state index in [1.165, 1.54) is 0 Å². The van der Waals surface area contributed by atoms with E-state index < -0.39 is 5.54 Å². The fourth-order valence-corrected chi connectivity index (χ4v) is 2.69. The van der Waals surface area contributed by atoms with Crippen LogP contribution in [-0.4, -0.2) is 18.4 Å². The van der Waals surface area contributed by atoms with Crippen LogP contribution in [0.3, 0.4) is 0 Å². The summed E-state index contributed by atoms with van der Waals surface area (Å²) in [6.45, 7) is 5.95. The van der Waals surface area contributed by atoms with Gasteiger partial charge in [-0.05, 0) is 37.6 Å². The van der Waals surface area contributed by atoms with Crippen molar-refractivity contribution in [3.05, 3.63) is 28.2 Å². The highest BCUT2D eigenvalue weighted by Crippen LogP contribution is 2.40. The maximum atomic E-state index is 12.3. The number of carbonyl (C=O) groups excluding carboxylic acids is 1. The standard InChI is InChI=1S/C13H16BrNO/c1-8-10-7-9(14)5-6-11(10)15(4)13(2,3)12(8)16/h5-8H,1-4H3. The van der Waals surface area contributed by atoms with Crippen LogP contribution in [0.2, 0.25) is 0 Å². The molecule has 1 aliphatic rings. The molecule has 3 heteroatoms. The fourth-order valence-electron chi connectivity index (χ4n) is 2.32. The highest BCUT2D eigenvalue weighted by atomic mass is 79.9. The van der Waals surface area contributed by atoms with Crippen LogP contribution in [0.4, 0.5) is 5.69 Å². The van der Waals surface area contributed by atoms with Gasteiger partial charge in [0.05, 0.1) is 5.54 Å². The van der Waals surface area contributed by atoms with Gasteiger partial charge in [-0.15, -0.1) is 0 Å². The summed E-state index contributed by atoms with van der Waals surface area (Å²) in [4.78, 5) is 14.3. The normalized spacial score (nSPS) is 23.2. The van der Waals surface area contributed by atoms with Crippen molar-refractivity contribution in [3.63, 3.8) is 0 Å². The molecule has 1 aromatic rings. The van der Waals surface area contributed by atoms with E-state index in [4.69, 9.17) is 0 Å². The van der Waals surface area contributed by atoms with Crippen LogP contribution in [0.5, 0.6) is 0 Å². The third-order valence-electron chi connectivity index (χ3n) is 3.65. The highest BCUT2D eigenvalue weighted by molar-refractivity contribution is 9.10. The lowest BCUT2D eigenvalue weighted by Crippen LogP contribution is -2.53. The van der Waals surface area contributed by atoms with Crippen molar-refractivity contribution < 1.29 is 4.79 Å². The molecule has 1 heterocycles. The number of ketones is 1. The molecule has 0 saturated heterocycles. The Kier molecular flexibility index (Phi) is 2.61. The topological polar surface area (TPSA) is 20.3 Å². The average Bonchev–Trinajstić information content (AvgIpc) is 2.24. The molecule has 2 rings (SSSR count). The number of hydrogen-bond acceptors (Lipinski definition) is 2. The molecule has 0 N–H and O–H groups in total. The molecular weight excluding hydrogens is 266 g/mol. The molecule has 1 unspecified atom stereocenters. The van der Waals surface area contributed by atoms with E-state index in [0.29, 0.717) is 0 Å². The summed E-state index contributed by atoms with van der Waals surface area (Å²) in [6.07, 6.45) is 0. The summed E-state index contributed by atoms with van der Waals surface area (Å²) in [5, 5.41) is 0. The molecule has 0 bridgehead atoms. The van der Waals surface area contributed by atoms with E-state index in [9.17, 15) is 4.79 Å². The molecule has 0 aromatic heterocycles. The van der Waals surface area contributed by atoms with Crippen molar-refractivity contribution in [2.75, 3.05) is 11.9 Å². The molecule has 0 amide bonds. The Morgan fingerprint density at radius 3 is 2.62 bits per heavy atom. The first-order chi connectivity index (χ1) is 7.35. The summed E-state index contributed by atoms with van der Waals surface area (Å²) in [5.41, 5.74) is 1.85. The lowest BCUT2D eigenvalue weighted by Gasteiger charge is -2.43. The van der Waals surface area contributed by atoms with Gasteiger partial charge in [-0.1, -0.05) is 22.9 Å². The number of hydrogen-bond donors (Lipinski definition) is 0. The third kappa shape index (κ3) is 1.49. The lowest BCUT2D eigenvalue weighted by molar-refractivity contribution is -0.124. The molecule has 1 aliphatic heterocycles. The van der Waals surface area contributed by atoms with Gasteiger partial charge in [0.1, 0.15) is 0 Å². The maximum absolute atomic E-state index is 12.3. The number of carbonyl (C=O) groups is 1. The van der Waals surface area contributed by atoms with E-state index in [1.807, 2.05) is 40.0 Å². The van der Waals surface area contributed by atoms with Crippen molar-refractivity contribution in [3.8, 4) is 0 Å². The molecular formula is C13H16BrNO. The minimum absolute atomic E-state index is 0.0290. The van der Waals surface area contributed by atoms with Crippen LogP contribution in [0.1, 0.15) is 32.3 Å². The van der Waals surface area contributed by atoms with Crippen molar-refractivity contribution in [1.29, 1.82) is 0 Å². The second-order valence-corrected chi connectivity index (χ2v) is 5.82. The van der Waals surface area contributed by atoms with Crippen molar-refractivity contribution in [2.45, 2.75) is 32.2 Å². The number of nitrogens with zero attached hydrogens (tertiary/aromatic N) is 1. The second kappa shape index (κ2) is 3.59. The van der Waals surface area contributed by atoms with Gasteiger partial charge in [-0.3, -0.25) is 4.79 Å². The van der Waals surface area contributed by atoms with Gasteiger partial charge < -0.3 is 4.90 Å². The predicted molar refractivity (Wildman–Crippen MR) is 70.0 cm³/mol. The van der Waals surface area contributed by atoms with E-state index in [2.05, 4.69) is 26.9 Å². The Balaban J connectivity index is 2.64. The van der Waals surface area contributed by atoms with Crippen molar-refractivity contribution in [2.24, 2.45) is 0 Å². The van der Waals surface area contributed by atoms with Crippen LogP contribution in [-0.2, 0) is 4.79 Å². The monoisotopic (exact) mass is 281 g/mol. The number of halogens is 1. The number of Topliss-reactive ketones (excluding diaryl/α,β-unsaturated/α-hetero) is 1. The summed E-state index contributed by atoms with van der Waals surface area (Å²) in [7, 11) is 1.98. The molecule has 16 heavy (non-hydrogen) atoms. The summed E-state index contributed by atoms with van der Waals surface area (Å²) in [5.74, 6) is 0.249. The maximum Gasteiger partial charge on any atom is 0.164 e. The van der Waals surface area contributed by atoms with Gasteiger partial charge in [0, 0.05) is 23.1 Å². The third-order valence-corrected chi connectivity index (χ3v) is 4.15. The first-order valence-corrected chi connectivity index (χ1v) is 6.22. The van der Waals surface area contributed by atoms with E-state index in [1.54, 1.807) is 0 Å². The summed E-state index contributed by atoms with van der Waals surface area (Å²) >= 11 is 3.46. The second-order valence-electron chi connectivity index (χ2n) is 4.91. The van der Waals surface area contributed by atoms with Crippen LogP contribution >= 0.6 is 15.9 Å². The molecule has 1 aromatic carbocycles. The molecule has 0 spiro atoms. The average molecular weight is 282 g/mol. The van der Waals surface area contributed by atoms with Gasteiger partial charge in [0.25, 0.3) is 0 Å². The Labute approximate surface area is 105 Å². The molecule has 0 radical (unpaired) electrons. The zero-order valence-corrected chi connectivity index (χ0v) is 11.6.